The first-order valence-corrected chi connectivity index (χ1v) is 6.70. The van der Waals surface area contributed by atoms with Crippen LogP contribution in [0.2, 0.25) is 0 Å². The predicted octanol–water partition coefficient (Wildman–Crippen LogP) is 3.16. The van der Waals surface area contributed by atoms with Crippen LogP contribution in [0.25, 0.3) is 0 Å². The molecule has 0 radical (unpaired) electrons. The Morgan fingerprint density at radius 2 is 1.68 bits per heavy atom. The van der Waals surface area contributed by atoms with Crippen molar-refractivity contribution < 1.29 is 19.1 Å². The molecule has 0 heterocycles. The second-order valence-corrected chi connectivity index (χ2v) is 4.62. The van der Waals surface area contributed by atoms with Crippen LogP contribution >= 0.6 is 0 Å². The van der Waals surface area contributed by atoms with Gasteiger partial charge in [-0.15, -0.1) is 0 Å². The van der Waals surface area contributed by atoms with E-state index >= 15 is 0 Å². The van der Waals surface area contributed by atoms with E-state index < -0.39 is 0 Å². The summed E-state index contributed by atoms with van der Waals surface area (Å²) in [5.41, 5.74) is 1.29. The summed E-state index contributed by atoms with van der Waals surface area (Å²) in [7, 11) is 3.02. The van der Waals surface area contributed by atoms with Gasteiger partial charge in [0.05, 0.1) is 25.5 Å². The highest BCUT2D eigenvalue weighted by Gasteiger charge is 2.15. The molecule has 2 aromatic rings. The molecule has 0 unspecified atom stereocenters. The van der Waals surface area contributed by atoms with Crippen molar-refractivity contribution in [1.82, 2.24) is 0 Å². The zero-order valence-electron chi connectivity index (χ0n) is 12.7. The molecule has 0 saturated heterocycles. The van der Waals surface area contributed by atoms with Crippen molar-refractivity contribution in [3.63, 3.8) is 0 Å². The van der Waals surface area contributed by atoms with E-state index in [2.05, 4.69) is 5.32 Å². The minimum atomic E-state index is -0.354. The summed E-state index contributed by atoms with van der Waals surface area (Å²) in [5.74, 6) is 0.528. The van der Waals surface area contributed by atoms with Crippen molar-refractivity contribution in [2.45, 2.75) is 6.92 Å². The van der Waals surface area contributed by atoms with E-state index in [0.717, 1.165) is 0 Å². The maximum Gasteiger partial charge on any atom is 0.259 e. The van der Waals surface area contributed by atoms with Gasteiger partial charge in [-0.25, -0.2) is 0 Å². The van der Waals surface area contributed by atoms with Crippen LogP contribution in [0.3, 0.4) is 0 Å². The average molecular weight is 299 g/mol. The Morgan fingerprint density at radius 1 is 0.955 bits per heavy atom. The van der Waals surface area contributed by atoms with Crippen LogP contribution in [0.15, 0.2) is 42.5 Å². The van der Waals surface area contributed by atoms with Crippen molar-refractivity contribution in [3.05, 3.63) is 53.6 Å². The maximum atomic E-state index is 12.4. The fourth-order valence-electron chi connectivity index (χ4n) is 2.07. The molecule has 114 valence electrons. The van der Waals surface area contributed by atoms with Gasteiger partial charge in [0.1, 0.15) is 11.5 Å². The number of ether oxygens (including phenoxy) is 2. The number of hydrogen-bond acceptors (Lipinski definition) is 4. The Hall–Kier alpha value is -2.82. The number of para-hydroxylation sites is 1. The highest BCUT2D eigenvalue weighted by atomic mass is 16.5. The minimum Gasteiger partial charge on any atom is -0.497 e. The first-order valence-electron chi connectivity index (χ1n) is 6.70. The number of amides is 1. The Bertz CT molecular complexity index is 710. The summed E-state index contributed by atoms with van der Waals surface area (Å²) in [6.45, 7) is 1.46. The number of Topliss-reactive ketones (excluding diaryl/α,β-unsaturated/α-hetero) is 1. The second kappa shape index (κ2) is 6.76. The van der Waals surface area contributed by atoms with E-state index in [1.807, 2.05) is 0 Å². The third-order valence-corrected chi connectivity index (χ3v) is 3.21. The fraction of sp³-hybridized carbons (Fsp3) is 0.176. The number of ketones is 1. The van der Waals surface area contributed by atoms with Crippen LogP contribution in [-0.2, 0) is 0 Å². The van der Waals surface area contributed by atoms with Crippen molar-refractivity contribution in [2.24, 2.45) is 0 Å². The van der Waals surface area contributed by atoms with Crippen LogP contribution < -0.4 is 14.8 Å². The average Bonchev–Trinajstić information content (AvgIpc) is 2.54. The molecule has 5 nitrogen and oxygen atoms in total. The molecule has 0 spiro atoms. The second-order valence-electron chi connectivity index (χ2n) is 4.62. The summed E-state index contributed by atoms with van der Waals surface area (Å²) in [4.78, 5) is 24.0. The van der Waals surface area contributed by atoms with Gasteiger partial charge < -0.3 is 14.8 Å². The SMILES string of the molecule is COc1ccc(C(=O)Nc2ccccc2C(C)=O)c(OC)c1. The predicted molar refractivity (Wildman–Crippen MR) is 83.9 cm³/mol. The Kier molecular flexibility index (Phi) is 4.78. The van der Waals surface area contributed by atoms with Crippen LogP contribution in [0.5, 0.6) is 11.5 Å². The Morgan fingerprint density at radius 3 is 2.32 bits per heavy atom. The van der Waals surface area contributed by atoms with E-state index in [-0.39, 0.29) is 11.7 Å². The van der Waals surface area contributed by atoms with Crippen molar-refractivity contribution in [2.75, 3.05) is 19.5 Å². The Labute approximate surface area is 128 Å². The lowest BCUT2D eigenvalue weighted by molar-refractivity contribution is 0.101. The number of carbonyl (C=O) groups is 2. The zero-order valence-corrected chi connectivity index (χ0v) is 12.7. The van der Waals surface area contributed by atoms with Gasteiger partial charge in [-0.3, -0.25) is 9.59 Å². The van der Waals surface area contributed by atoms with E-state index in [9.17, 15) is 9.59 Å². The lowest BCUT2D eigenvalue weighted by atomic mass is 10.1. The molecule has 0 aliphatic heterocycles. The quantitative estimate of drug-likeness (QED) is 0.861. The topological polar surface area (TPSA) is 64.6 Å². The lowest BCUT2D eigenvalue weighted by Crippen LogP contribution is -2.15. The van der Waals surface area contributed by atoms with Gasteiger partial charge in [0.15, 0.2) is 5.78 Å². The first kappa shape index (κ1) is 15.6. The largest absolute Gasteiger partial charge is 0.497 e. The van der Waals surface area contributed by atoms with E-state index in [1.54, 1.807) is 42.5 Å². The third kappa shape index (κ3) is 3.25. The number of benzene rings is 2. The van der Waals surface area contributed by atoms with E-state index in [0.29, 0.717) is 28.3 Å². The molecule has 2 aromatic carbocycles. The van der Waals surface area contributed by atoms with Gasteiger partial charge in [0, 0.05) is 11.6 Å². The van der Waals surface area contributed by atoms with Crippen LogP contribution in [0, 0.1) is 0 Å². The molecule has 1 N–H and O–H groups in total. The summed E-state index contributed by atoms with van der Waals surface area (Å²) >= 11 is 0. The number of hydrogen-bond donors (Lipinski definition) is 1. The minimum absolute atomic E-state index is 0.113. The standard InChI is InChI=1S/C17H17NO4/c1-11(19)13-6-4-5-7-15(13)18-17(20)14-9-8-12(21-2)10-16(14)22-3/h4-10H,1-3H3,(H,18,20). The van der Waals surface area contributed by atoms with E-state index in [4.69, 9.17) is 9.47 Å². The van der Waals surface area contributed by atoms with Crippen LogP contribution in [-0.4, -0.2) is 25.9 Å². The van der Waals surface area contributed by atoms with Gasteiger partial charge in [-0.1, -0.05) is 12.1 Å². The number of carbonyl (C=O) groups excluding carboxylic acids is 2. The van der Waals surface area contributed by atoms with Gasteiger partial charge in [0.2, 0.25) is 0 Å². The molecule has 0 saturated carbocycles. The molecule has 0 fully saturated rings. The number of rotatable bonds is 5. The summed E-state index contributed by atoms with van der Waals surface area (Å²) in [6, 6.07) is 11.8. The number of nitrogens with one attached hydrogen (secondary N) is 1. The third-order valence-electron chi connectivity index (χ3n) is 3.21. The zero-order chi connectivity index (χ0) is 16.1. The molecule has 22 heavy (non-hydrogen) atoms. The van der Waals surface area contributed by atoms with Gasteiger partial charge in [-0.2, -0.15) is 0 Å². The molecule has 0 aliphatic carbocycles. The molecule has 5 heteroatoms. The van der Waals surface area contributed by atoms with Crippen molar-refractivity contribution in [1.29, 1.82) is 0 Å². The molecule has 0 bridgehead atoms. The molecule has 1 amide bonds. The first-order chi connectivity index (χ1) is 10.6. The lowest BCUT2D eigenvalue weighted by Gasteiger charge is -2.12. The number of anilines is 1. The smallest absolute Gasteiger partial charge is 0.259 e. The normalized spacial score (nSPS) is 9.95. The van der Waals surface area contributed by atoms with Gasteiger partial charge in [-0.05, 0) is 31.2 Å². The fourth-order valence-corrected chi connectivity index (χ4v) is 2.07. The summed E-state index contributed by atoms with van der Waals surface area (Å²) in [5, 5.41) is 2.74. The highest BCUT2D eigenvalue weighted by Crippen LogP contribution is 2.26. The molecule has 0 atom stereocenters. The van der Waals surface area contributed by atoms with Crippen molar-refractivity contribution >= 4 is 17.4 Å². The van der Waals surface area contributed by atoms with Crippen molar-refractivity contribution in [3.8, 4) is 11.5 Å². The van der Waals surface area contributed by atoms with Crippen LogP contribution in [0.4, 0.5) is 5.69 Å². The van der Waals surface area contributed by atoms with Crippen LogP contribution in [0.1, 0.15) is 27.6 Å². The molecular formula is C17H17NO4. The van der Waals surface area contributed by atoms with Gasteiger partial charge >= 0.3 is 0 Å². The number of methoxy groups -OCH3 is 2. The molecule has 2 rings (SSSR count). The molecule has 0 aromatic heterocycles. The highest BCUT2D eigenvalue weighted by molar-refractivity contribution is 6.10. The Balaban J connectivity index is 2.32. The van der Waals surface area contributed by atoms with E-state index in [1.165, 1.54) is 21.1 Å². The molecular weight excluding hydrogens is 282 g/mol. The monoisotopic (exact) mass is 299 g/mol. The van der Waals surface area contributed by atoms with Gasteiger partial charge in [0.25, 0.3) is 5.91 Å². The molecule has 0 aliphatic rings. The summed E-state index contributed by atoms with van der Waals surface area (Å²) in [6.07, 6.45) is 0. The summed E-state index contributed by atoms with van der Waals surface area (Å²) < 4.78 is 10.3. The maximum absolute atomic E-state index is 12.4.